The molecule has 0 N–H and O–H groups in total. The van der Waals surface area contributed by atoms with E-state index in [9.17, 15) is 24.4 Å². The van der Waals surface area contributed by atoms with E-state index in [1.807, 2.05) is 6.07 Å². The molecule has 0 aliphatic carbocycles. The van der Waals surface area contributed by atoms with Crippen molar-refractivity contribution in [3.05, 3.63) is 144 Å². The molecule has 9 heteroatoms. The van der Waals surface area contributed by atoms with Gasteiger partial charge in [0.25, 0.3) is 0 Å². The first-order valence-electron chi connectivity index (χ1n) is 12.9. The molecule has 0 fully saturated rings. The Balaban J connectivity index is 1.67. The monoisotopic (exact) mass is 563 g/mol. The Morgan fingerprint density at radius 3 is 1.29 bits per heavy atom. The number of hydrogen-bond donors (Lipinski definition) is 0. The molecule has 0 spiro atoms. The summed E-state index contributed by atoms with van der Waals surface area (Å²) in [6.45, 7) is -0.625. The molecule has 0 heterocycles. The van der Waals surface area contributed by atoms with Gasteiger partial charge in [0.05, 0.1) is 22.3 Å². The van der Waals surface area contributed by atoms with E-state index in [-0.39, 0.29) is 22.3 Å². The summed E-state index contributed by atoms with van der Waals surface area (Å²) in [5.41, 5.74) is 0.637. The van der Waals surface area contributed by atoms with Crippen LogP contribution in [-0.4, -0.2) is 48.8 Å². The Bertz CT molecular complexity index is 1540. The molecule has 0 saturated heterocycles. The van der Waals surface area contributed by atoms with Gasteiger partial charge in [0.1, 0.15) is 12.7 Å². The fraction of sp³-hybridized carbons (Fsp3) is 0.121. The van der Waals surface area contributed by atoms with Crippen LogP contribution in [0.4, 0.5) is 0 Å². The van der Waals surface area contributed by atoms with Crippen LogP contribution in [0.5, 0.6) is 0 Å². The Morgan fingerprint density at radius 1 is 0.524 bits per heavy atom. The summed E-state index contributed by atoms with van der Waals surface area (Å²) in [6, 6.07) is 33.6. The molecule has 210 valence electrons. The van der Waals surface area contributed by atoms with E-state index in [1.54, 1.807) is 72.8 Å². The zero-order valence-corrected chi connectivity index (χ0v) is 22.2. The second kappa shape index (κ2) is 14.6. The molecular formula is C33H25NO8. The summed E-state index contributed by atoms with van der Waals surface area (Å²) in [7, 11) is 0. The zero-order chi connectivity index (χ0) is 29.7. The van der Waals surface area contributed by atoms with Gasteiger partial charge in [-0.2, -0.15) is 5.26 Å². The third-order valence-electron chi connectivity index (χ3n) is 5.94. The minimum atomic E-state index is -1.76. The predicted octanol–water partition coefficient (Wildman–Crippen LogP) is 5.04. The third-order valence-corrected chi connectivity index (χ3v) is 5.94. The summed E-state index contributed by atoms with van der Waals surface area (Å²) in [6.07, 6.45) is -4.99. The molecule has 9 nitrogen and oxygen atoms in total. The first-order chi connectivity index (χ1) is 20.5. The van der Waals surface area contributed by atoms with Gasteiger partial charge < -0.3 is 18.9 Å². The molecule has 4 aromatic rings. The summed E-state index contributed by atoms with van der Waals surface area (Å²) in [5.74, 6) is -3.36. The average molecular weight is 564 g/mol. The van der Waals surface area contributed by atoms with Gasteiger partial charge in [-0.3, -0.25) is 0 Å². The highest BCUT2D eigenvalue weighted by atomic mass is 16.6. The standard InChI is InChI=1S/C33H25NO8/c34-21-27(40-31(36)24-15-7-2-8-16-24)29(42-33(38)26-19-11-4-12-20-26)28(41-32(37)25-17-9-3-10-18-25)22-39-30(35)23-13-5-1-6-14-23/h1-20,27-29H,22H2/t27-,28+,29-/m1/s1. The molecule has 0 aromatic heterocycles. The van der Waals surface area contributed by atoms with E-state index in [4.69, 9.17) is 18.9 Å². The lowest BCUT2D eigenvalue weighted by molar-refractivity contribution is -0.0891. The minimum absolute atomic E-state index is 0.128. The van der Waals surface area contributed by atoms with Crippen LogP contribution in [0.3, 0.4) is 0 Å². The van der Waals surface area contributed by atoms with Crippen LogP contribution >= 0.6 is 0 Å². The van der Waals surface area contributed by atoms with Crippen molar-refractivity contribution in [2.45, 2.75) is 18.3 Å². The summed E-state index contributed by atoms with van der Waals surface area (Å²) >= 11 is 0. The maximum Gasteiger partial charge on any atom is 0.339 e. The van der Waals surface area contributed by atoms with Crippen molar-refractivity contribution in [1.82, 2.24) is 0 Å². The fourth-order valence-electron chi connectivity index (χ4n) is 3.81. The van der Waals surface area contributed by atoms with Gasteiger partial charge in [0, 0.05) is 0 Å². The number of esters is 4. The summed E-state index contributed by atoms with van der Waals surface area (Å²) < 4.78 is 22.2. The van der Waals surface area contributed by atoms with E-state index in [0.717, 1.165) is 0 Å². The van der Waals surface area contributed by atoms with Crippen LogP contribution in [0.2, 0.25) is 0 Å². The lowest BCUT2D eigenvalue weighted by Gasteiger charge is -2.29. The quantitative estimate of drug-likeness (QED) is 0.182. The first kappa shape index (κ1) is 29.2. The van der Waals surface area contributed by atoms with Gasteiger partial charge in [0.15, 0.2) is 12.2 Å². The number of nitriles is 1. The molecule has 0 bridgehead atoms. The molecule has 0 aliphatic rings. The average Bonchev–Trinajstić information content (AvgIpc) is 3.05. The second-order valence-electron chi connectivity index (χ2n) is 8.83. The van der Waals surface area contributed by atoms with Crippen LogP contribution < -0.4 is 0 Å². The largest absolute Gasteiger partial charge is 0.458 e. The lowest BCUT2D eigenvalue weighted by atomic mass is 10.1. The smallest absolute Gasteiger partial charge is 0.339 e. The number of hydrogen-bond acceptors (Lipinski definition) is 9. The Hall–Kier alpha value is -5.75. The van der Waals surface area contributed by atoms with Crippen LogP contribution in [0.15, 0.2) is 121 Å². The molecule has 3 atom stereocenters. The first-order valence-corrected chi connectivity index (χ1v) is 12.9. The second-order valence-corrected chi connectivity index (χ2v) is 8.83. The molecule has 0 saturated carbocycles. The van der Waals surface area contributed by atoms with Crippen molar-refractivity contribution in [3.8, 4) is 6.07 Å². The number of carbonyl (C=O) groups excluding carboxylic acids is 4. The summed E-state index contributed by atoms with van der Waals surface area (Å²) in [5, 5.41) is 10.1. The zero-order valence-electron chi connectivity index (χ0n) is 22.2. The highest BCUT2D eigenvalue weighted by Crippen LogP contribution is 2.20. The number of carbonyl (C=O) groups is 4. The van der Waals surface area contributed by atoms with E-state index < -0.39 is 48.8 Å². The number of rotatable bonds is 11. The third kappa shape index (κ3) is 7.90. The number of nitrogens with zero attached hydrogens (tertiary/aromatic N) is 1. The SMILES string of the molecule is N#C[C@@H](OC(=O)c1ccccc1)[C@@H](OC(=O)c1ccccc1)[C@H](COC(=O)c1ccccc1)OC(=O)c1ccccc1. The van der Waals surface area contributed by atoms with Crippen molar-refractivity contribution in [2.75, 3.05) is 6.61 Å². The Kier molecular flexibility index (Phi) is 10.2. The topological polar surface area (TPSA) is 129 Å². The van der Waals surface area contributed by atoms with E-state index >= 15 is 0 Å². The molecule has 0 unspecified atom stereocenters. The molecule has 0 aliphatic heterocycles. The Morgan fingerprint density at radius 2 is 0.881 bits per heavy atom. The maximum absolute atomic E-state index is 13.1. The van der Waals surface area contributed by atoms with Crippen LogP contribution in [0, 0.1) is 11.3 Å². The highest BCUT2D eigenvalue weighted by molar-refractivity contribution is 5.91. The van der Waals surface area contributed by atoms with Crippen LogP contribution in [0.1, 0.15) is 41.4 Å². The molecular weight excluding hydrogens is 538 g/mol. The van der Waals surface area contributed by atoms with Gasteiger partial charge >= 0.3 is 23.9 Å². The summed E-state index contributed by atoms with van der Waals surface area (Å²) in [4.78, 5) is 51.9. The molecule has 4 rings (SSSR count). The van der Waals surface area contributed by atoms with Crippen molar-refractivity contribution >= 4 is 23.9 Å². The van der Waals surface area contributed by atoms with Crippen LogP contribution in [-0.2, 0) is 18.9 Å². The van der Waals surface area contributed by atoms with E-state index in [2.05, 4.69) is 0 Å². The minimum Gasteiger partial charge on any atom is -0.458 e. The van der Waals surface area contributed by atoms with Crippen LogP contribution in [0.25, 0.3) is 0 Å². The molecule has 0 amide bonds. The normalized spacial score (nSPS) is 12.5. The van der Waals surface area contributed by atoms with Crippen molar-refractivity contribution in [2.24, 2.45) is 0 Å². The van der Waals surface area contributed by atoms with Crippen molar-refractivity contribution < 1.29 is 38.1 Å². The fourth-order valence-corrected chi connectivity index (χ4v) is 3.81. The molecule has 42 heavy (non-hydrogen) atoms. The maximum atomic E-state index is 13.1. The Labute approximate surface area is 241 Å². The van der Waals surface area contributed by atoms with Gasteiger partial charge in [-0.1, -0.05) is 72.8 Å². The van der Waals surface area contributed by atoms with Gasteiger partial charge in [-0.05, 0) is 48.5 Å². The highest BCUT2D eigenvalue weighted by Gasteiger charge is 2.40. The molecule has 0 radical (unpaired) electrons. The van der Waals surface area contributed by atoms with Gasteiger partial charge in [0.2, 0.25) is 6.10 Å². The number of benzene rings is 4. The van der Waals surface area contributed by atoms with Crippen molar-refractivity contribution in [1.29, 1.82) is 5.26 Å². The molecule has 4 aromatic carbocycles. The van der Waals surface area contributed by atoms with Gasteiger partial charge in [-0.25, -0.2) is 19.2 Å². The van der Waals surface area contributed by atoms with E-state index in [0.29, 0.717) is 0 Å². The van der Waals surface area contributed by atoms with E-state index in [1.165, 1.54) is 48.5 Å². The predicted molar refractivity (Wildman–Crippen MR) is 149 cm³/mol. The van der Waals surface area contributed by atoms with Crippen molar-refractivity contribution in [3.63, 3.8) is 0 Å². The lowest BCUT2D eigenvalue weighted by Crippen LogP contribution is -2.47. The number of ether oxygens (including phenoxy) is 4. The van der Waals surface area contributed by atoms with Gasteiger partial charge in [-0.15, -0.1) is 0 Å².